The highest BCUT2D eigenvalue weighted by atomic mass is 19.4. The Hall–Kier alpha value is -0.800. The first-order chi connectivity index (χ1) is 8.37. The highest BCUT2D eigenvalue weighted by Gasteiger charge is 2.34. The van der Waals surface area contributed by atoms with Crippen molar-refractivity contribution in [3.8, 4) is 6.07 Å². The van der Waals surface area contributed by atoms with Crippen LogP contribution < -0.4 is 5.32 Å². The molecule has 0 radical (unpaired) electrons. The highest BCUT2D eigenvalue weighted by Crippen LogP contribution is 2.27. The molecular weight excluding hydrogens is 243 g/mol. The van der Waals surface area contributed by atoms with E-state index in [-0.39, 0.29) is 12.8 Å². The number of rotatable bonds is 4. The molecule has 1 heterocycles. The van der Waals surface area contributed by atoms with Crippen LogP contribution in [0.3, 0.4) is 0 Å². The number of hydrogen-bond donors (Lipinski definition) is 1. The van der Waals surface area contributed by atoms with Crippen molar-refractivity contribution in [3.63, 3.8) is 0 Å². The Morgan fingerprint density at radius 1 is 1.22 bits per heavy atom. The third-order valence-electron chi connectivity index (χ3n) is 3.40. The van der Waals surface area contributed by atoms with Gasteiger partial charge < -0.3 is 5.32 Å². The summed E-state index contributed by atoms with van der Waals surface area (Å²) in [5.41, 5.74) is -0.780. The van der Waals surface area contributed by atoms with Gasteiger partial charge in [0, 0.05) is 26.1 Å². The smallest absolute Gasteiger partial charge is 0.315 e. The van der Waals surface area contributed by atoms with E-state index in [9.17, 15) is 18.4 Å². The van der Waals surface area contributed by atoms with Gasteiger partial charge in [-0.2, -0.15) is 18.4 Å². The Kier molecular flexibility index (Phi) is 5.42. The fraction of sp³-hybridized carbons (Fsp3) is 0.917. The van der Waals surface area contributed by atoms with Gasteiger partial charge in [-0.25, -0.2) is 0 Å². The van der Waals surface area contributed by atoms with Crippen molar-refractivity contribution >= 4 is 0 Å². The highest BCUT2D eigenvalue weighted by molar-refractivity contribution is 5.05. The van der Waals surface area contributed by atoms with Crippen LogP contribution in [0.15, 0.2) is 0 Å². The third kappa shape index (κ3) is 4.83. The summed E-state index contributed by atoms with van der Waals surface area (Å²) in [6.45, 7) is 4.92. The molecular formula is C12H20F3N3. The van der Waals surface area contributed by atoms with E-state index >= 15 is 0 Å². The summed E-state index contributed by atoms with van der Waals surface area (Å²) in [5.74, 6) is 0. The van der Waals surface area contributed by atoms with Crippen molar-refractivity contribution in [2.24, 2.45) is 0 Å². The van der Waals surface area contributed by atoms with E-state index in [4.69, 9.17) is 0 Å². The maximum absolute atomic E-state index is 12.1. The van der Waals surface area contributed by atoms with Crippen LogP contribution in [0.4, 0.5) is 13.2 Å². The van der Waals surface area contributed by atoms with E-state index in [0.717, 1.165) is 32.6 Å². The van der Waals surface area contributed by atoms with E-state index in [1.165, 1.54) is 0 Å². The zero-order chi connectivity index (χ0) is 13.6. The molecule has 1 aliphatic rings. The van der Waals surface area contributed by atoms with Gasteiger partial charge in [-0.05, 0) is 32.7 Å². The van der Waals surface area contributed by atoms with Gasteiger partial charge in [-0.15, -0.1) is 0 Å². The summed E-state index contributed by atoms with van der Waals surface area (Å²) in [6, 6.07) is 2.19. The lowest BCUT2D eigenvalue weighted by molar-refractivity contribution is -0.136. The van der Waals surface area contributed by atoms with E-state index in [2.05, 4.69) is 11.4 Å². The molecule has 1 saturated heterocycles. The normalized spacial score (nSPS) is 21.9. The molecule has 0 aromatic carbocycles. The molecule has 1 aliphatic heterocycles. The van der Waals surface area contributed by atoms with Crippen LogP contribution in [0, 0.1) is 11.3 Å². The van der Waals surface area contributed by atoms with Crippen LogP contribution in [-0.2, 0) is 0 Å². The number of halogens is 3. The second-order valence-corrected chi connectivity index (χ2v) is 4.94. The third-order valence-corrected chi connectivity index (χ3v) is 3.40. The number of nitrogens with one attached hydrogen (secondary N) is 1. The number of nitriles is 1. The Morgan fingerprint density at radius 3 is 2.56 bits per heavy atom. The quantitative estimate of drug-likeness (QED) is 0.846. The van der Waals surface area contributed by atoms with Gasteiger partial charge in [0.15, 0.2) is 0 Å². The molecule has 1 rings (SSSR count). The minimum atomic E-state index is -4.13. The van der Waals surface area contributed by atoms with Gasteiger partial charge >= 0.3 is 6.18 Å². The zero-order valence-corrected chi connectivity index (χ0v) is 10.7. The monoisotopic (exact) mass is 263 g/mol. The van der Waals surface area contributed by atoms with Gasteiger partial charge in [-0.3, -0.25) is 4.90 Å². The van der Waals surface area contributed by atoms with Crippen molar-refractivity contribution in [1.82, 2.24) is 10.2 Å². The Balaban J connectivity index is 2.52. The molecule has 1 fully saturated rings. The number of nitrogens with zero attached hydrogens (tertiary/aromatic N) is 2. The average Bonchev–Trinajstić information content (AvgIpc) is 2.56. The van der Waals surface area contributed by atoms with Crippen LogP contribution in [0.5, 0.6) is 0 Å². The molecule has 0 aliphatic carbocycles. The minimum absolute atomic E-state index is 0.0114. The minimum Gasteiger partial charge on any atom is -0.315 e. The topological polar surface area (TPSA) is 39.1 Å². The maximum atomic E-state index is 12.1. The van der Waals surface area contributed by atoms with Gasteiger partial charge in [0.05, 0.1) is 6.07 Å². The first-order valence-corrected chi connectivity index (χ1v) is 6.31. The predicted molar refractivity (Wildman–Crippen MR) is 63.0 cm³/mol. The predicted octanol–water partition coefficient (Wildman–Crippen LogP) is 2.30. The van der Waals surface area contributed by atoms with Crippen molar-refractivity contribution in [2.75, 3.05) is 26.2 Å². The summed E-state index contributed by atoms with van der Waals surface area (Å²) >= 11 is 0. The molecule has 1 atom stereocenters. The van der Waals surface area contributed by atoms with Crippen LogP contribution in [0.25, 0.3) is 0 Å². The van der Waals surface area contributed by atoms with E-state index < -0.39 is 18.1 Å². The van der Waals surface area contributed by atoms with Gasteiger partial charge in [0.1, 0.15) is 5.54 Å². The summed E-state index contributed by atoms with van der Waals surface area (Å²) < 4.78 is 36.4. The lowest BCUT2D eigenvalue weighted by atomic mass is 9.94. The molecule has 0 amide bonds. The molecule has 0 aromatic heterocycles. The van der Waals surface area contributed by atoms with Gasteiger partial charge in [0.25, 0.3) is 0 Å². The zero-order valence-electron chi connectivity index (χ0n) is 10.7. The largest absolute Gasteiger partial charge is 0.389 e. The van der Waals surface area contributed by atoms with Crippen LogP contribution in [-0.4, -0.2) is 42.8 Å². The molecule has 104 valence electrons. The lowest BCUT2D eigenvalue weighted by Gasteiger charge is -2.35. The van der Waals surface area contributed by atoms with E-state index in [1.54, 1.807) is 6.92 Å². The fourth-order valence-electron chi connectivity index (χ4n) is 2.26. The summed E-state index contributed by atoms with van der Waals surface area (Å²) in [7, 11) is 0. The first kappa shape index (κ1) is 15.3. The second-order valence-electron chi connectivity index (χ2n) is 4.94. The van der Waals surface area contributed by atoms with Crippen LogP contribution >= 0.6 is 0 Å². The molecule has 1 N–H and O–H groups in total. The SMILES string of the molecule is CC(C#N)(CCCC(F)(F)F)N1CCCNCC1. The first-order valence-electron chi connectivity index (χ1n) is 6.31. The fourth-order valence-corrected chi connectivity index (χ4v) is 2.26. The molecule has 0 spiro atoms. The van der Waals surface area contributed by atoms with Crippen LogP contribution in [0.2, 0.25) is 0 Å². The molecule has 3 nitrogen and oxygen atoms in total. The number of alkyl halides is 3. The van der Waals surface area contributed by atoms with Crippen LogP contribution in [0.1, 0.15) is 32.6 Å². The second kappa shape index (κ2) is 6.39. The van der Waals surface area contributed by atoms with Gasteiger partial charge in [-0.1, -0.05) is 0 Å². The molecule has 0 saturated carbocycles. The molecule has 18 heavy (non-hydrogen) atoms. The average molecular weight is 263 g/mol. The lowest BCUT2D eigenvalue weighted by Crippen LogP contribution is -2.47. The summed E-state index contributed by atoms with van der Waals surface area (Å²) in [6.07, 6.45) is -3.73. The Morgan fingerprint density at radius 2 is 1.94 bits per heavy atom. The maximum Gasteiger partial charge on any atom is 0.389 e. The Bertz CT molecular complexity index is 290. The summed E-state index contributed by atoms with van der Waals surface area (Å²) in [4.78, 5) is 2.00. The molecule has 6 heteroatoms. The molecule has 0 aromatic rings. The standard InChI is InChI=1S/C12H20F3N3/c1-11(10-16,4-2-5-12(13,14)15)18-8-3-6-17-7-9-18/h17H,2-9H2,1H3. The Labute approximate surface area is 106 Å². The van der Waals surface area contributed by atoms with E-state index in [0.29, 0.717) is 0 Å². The summed E-state index contributed by atoms with van der Waals surface area (Å²) in [5, 5.41) is 12.5. The van der Waals surface area contributed by atoms with Crippen molar-refractivity contribution in [2.45, 2.75) is 44.3 Å². The number of hydrogen-bond acceptors (Lipinski definition) is 3. The van der Waals surface area contributed by atoms with Crippen molar-refractivity contribution in [3.05, 3.63) is 0 Å². The molecule has 1 unspecified atom stereocenters. The molecule has 0 bridgehead atoms. The van der Waals surface area contributed by atoms with Crippen molar-refractivity contribution in [1.29, 1.82) is 5.26 Å². The van der Waals surface area contributed by atoms with Gasteiger partial charge in [0.2, 0.25) is 0 Å². The van der Waals surface area contributed by atoms with E-state index in [1.807, 2.05) is 4.90 Å². The van der Waals surface area contributed by atoms with Crippen molar-refractivity contribution < 1.29 is 13.2 Å².